The normalized spacial score (nSPS) is 22.4. The predicted molar refractivity (Wildman–Crippen MR) is 66.8 cm³/mol. The number of piperidine rings is 1. The maximum Gasteiger partial charge on any atom is 0.296 e. The molecule has 5 nitrogen and oxygen atoms in total. The Morgan fingerprint density at radius 2 is 2.16 bits per heavy atom. The van der Waals surface area contributed by atoms with E-state index in [2.05, 4.69) is 5.32 Å². The molecule has 0 spiro atoms. The van der Waals surface area contributed by atoms with E-state index in [1.54, 1.807) is 4.90 Å². The van der Waals surface area contributed by atoms with Gasteiger partial charge in [-0.25, -0.2) is 4.39 Å². The molecule has 1 aromatic carbocycles. The van der Waals surface area contributed by atoms with E-state index in [0.717, 1.165) is 12.5 Å². The number of hydrogen-bond donors (Lipinski definition) is 2. The fourth-order valence-corrected chi connectivity index (χ4v) is 2.57. The lowest BCUT2D eigenvalue weighted by Crippen LogP contribution is -2.38. The number of fused-ring (bicyclic) bond motifs is 1. The molecule has 19 heavy (non-hydrogen) atoms. The van der Waals surface area contributed by atoms with E-state index in [-0.39, 0.29) is 5.56 Å². The fourth-order valence-electron chi connectivity index (χ4n) is 2.57. The summed E-state index contributed by atoms with van der Waals surface area (Å²) in [4.78, 5) is 24.4. The van der Waals surface area contributed by atoms with Crippen molar-refractivity contribution in [2.45, 2.75) is 18.9 Å². The summed E-state index contributed by atoms with van der Waals surface area (Å²) in [6.45, 7) is 1.01. The summed E-state index contributed by atoms with van der Waals surface area (Å²) in [6.07, 6.45) is 1.01. The SMILES string of the molecule is O=C1Nc2cc(N3CCCC(O)C3)c(F)cc2C1=O. The van der Waals surface area contributed by atoms with Crippen LogP contribution in [0, 0.1) is 5.82 Å². The second-order valence-corrected chi connectivity index (χ2v) is 4.87. The molecule has 1 saturated heterocycles. The van der Waals surface area contributed by atoms with Gasteiger partial charge in [-0.1, -0.05) is 0 Å². The van der Waals surface area contributed by atoms with Crippen LogP contribution in [0.15, 0.2) is 12.1 Å². The number of halogens is 1. The van der Waals surface area contributed by atoms with Gasteiger partial charge < -0.3 is 15.3 Å². The van der Waals surface area contributed by atoms with Gasteiger partial charge in [0.1, 0.15) is 5.82 Å². The number of rotatable bonds is 1. The van der Waals surface area contributed by atoms with E-state index in [4.69, 9.17) is 0 Å². The summed E-state index contributed by atoms with van der Waals surface area (Å²) < 4.78 is 14.0. The number of benzene rings is 1. The third-order valence-corrected chi connectivity index (χ3v) is 3.52. The van der Waals surface area contributed by atoms with Gasteiger partial charge in [-0.15, -0.1) is 0 Å². The lowest BCUT2D eigenvalue weighted by Gasteiger charge is -2.32. The smallest absolute Gasteiger partial charge is 0.296 e. The molecule has 0 bridgehead atoms. The summed E-state index contributed by atoms with van der Waals surface area (Å²) in [6, 6.07) is 2.55. The maximum atomic E-state index is 14.0. The molecule has 6 heteroatoms. The van der Waals surface area contributed by atoms with Crippen molar-refractivity contribution in [3.8, 4) is 0 Å². The molecule has 0 aliphatic carbocycles. The molecule has 2 aliphatic rings. The van der Waals surface area contributed by atoms with Crippen molar-refractivity contribution in [3.05, 3.63) is 23.5 Å². The van der Waals surface area contributed by atoms with E-state index in [0.29, 0.717) is 30.9 Å². The fraction of sp³-hybridized carbons (Fsp3) is 0.385. The highest BCUT2D eigenvalue weighted by molar-refractivity contribution is 6.51. The van der Waals surface area contributed by atoms with Crippen molar-refractivity contribution in [2.75, 3.05) is 23.3 Å². The lowest BCUT2D eigenvalue weighted by molar-refractivity contribution is -0.112. The molecule has 2 N–H and O–H groups in total. The minimum absolute atomic E-state index is 0.0730. The van der Waals surface area contributed by atoms with Gasteiger partial charge in [0.15, 0.2) is 0 Å². The van der Waals surface area contributed by atoms with E-state index in [1.165, 1.54) is 6.07 Å². The number of amides is 1. The van der Waals surface area contributed by atoms with Gasteiger partial charge in [0, 0.05) is 13.1 Å². The molecular formula is C13H13FN2O3. The zero-order chi connectivity index (χ0) is 13.6. The molecule has 1 atom stereocenters. The Morgan fingerprint density at radius 3 is 2.89 bits per heavy atom. The first-order chi connectivity index (χ1) is 9.06. The van der Waals surface area contributed by atoms with Gasteiger partial charge in [0.2, 0.25) is 0 Å². The standard InChI is InChI=1S/C13H13FN2O3/c14-9-4-8-10(15-13(19)12(8)18)5-11(9)16-3-1-2-7(17)6-16/h4-5,7,17H,1-3,6H2,(H,15,18,19). The summed E-state index contributed by atoms with van der Waals surface area (Å²) in [7, 11) is 0. The highest BCUT2D eigenvalue weighted by atomic mass is 19.1. The molecule has 1 unspecified atom stereocenters. The minimum Gasteiger partial charge on any atom is -0.391 e. The van der Waals surface area contributed by atoms with E-state index < -0.39 is 23.6 Å². The summed E-state index contributed by atoms with van der Waals surface area (Å²) in [5, 5.41) is 12.0. The van der Waals surface area contributed by atoms with Crippen LogP contribution < -0.4 is 10.2 Å². The van der Waals surface area contributed by atoms with Crippen molar-refractivity contribution in [1.29, 1.82) is 0 Å². The maximum absolute atomic E-state index is 14.0. The number of aliphatic hydroxyl groups excluding tert-OH is 1. The second kappa shape index (κ2) is 4.31. The van der Waals surface area contributed by atoms with E-state index >= 15 is 0 Å². The van der Waals surface area contributed by atoms with Crippen LogP contribution in [0.25, 0.3) is 0 Å². The first-order valence-corrected chi connectivity index (χ1v) is 6.18. The highest BCUT2D eigenvalue weighted by Crippen LogP contribution is 2.32. The molecule has 3 rings (SSSR count). The van der Waals surface area contributed by atoms with Crippen LogP contribution in [-0.2, 0) is 4.79 Å². The van der Waals surface area contributed by atoms with Gasteiger partial charge >= 0.3 is 0 Å². The topological polar surface area (TPSA) is 69.6 Å². The monoisotopic (exact) mass is 264 g/mol. The van der Waals surface area contributed by atoms with Gasteiger partial charge in [0.05, 0.1) is 23.0 Å². The van der Waals surface area contributed by atoms with Crippen LogP contribution in [0.5, 0.6) is 0 Å². The quantitative estimate of drug-likeness (QED) is 0.740. The van der Waals surface area contributed by atoms with Crippen LogP contribution >= 0.6 is 0 Å². The van der Waals surface area contributed by atoms with E-state index in [9.17, 15) is 19.1 Å². The Bertz CT molecular complexity index is 573. The first kappa shape index (κ1) is 12.1. The Kier molecular flexibility index (Phi) is 2.74. The largest absolute Gasteiger partial charge is 0.391 e. The highest BCUT2D eigenvalue weighted by Gasteiger charge is 2.31. The molecule has 1 fully saturated rings. The third-order valence-electron chi connectivity index (χ3n) is 3.52. The Morgan fingerprint density at radius 1 is 1.37 bits per heavy atom. The molecule has 0 aromatic heterocycles. The van der Waals surface area contributed by atoms with Crippen molar-refractivity contribution < 1.29 is 19.1 Å². The summed E-state index contributed by atoms with van der Waals surface area (Å²) in [5.74, 6) is -1.98. The number of nitrogens with one attached hydrogen (secondary N) is 1. The number of hydrogen-bond acceptors (Lipinski definition) is 4. The number of β-amino-alcohol motifs (C(OH)–C–C–N with tert-alkyl or cyclic N) is 1. The van der Waals surface area contributed by atoms with Gasteiger partial charge in [-0.05, 0) is 25.0 Å². The Balaban J connectivity index is 1.98. The zero-order valence-electron chi connectivity index (χ0n) is 10.1. The number of carbonyl (C=O) groups is 2. The number of ketones is 1. The molecule has 1 amide bonds. The van der Waals surface area contributed by atoms with Crippen LogP contribution in [0.2, 0.25) is 0 Å². The number of nitrogens with zero attached hydrogens (tertiary/aromatic N) is 1. The lowest BCUT2D eigenvalue weighted by atomic mass is 10.1. The average Bonchev–Trinajstić information content (AvgIpc) is 2.65. The van der Waals surface area contributed by atoms with Crippen LogP contribution in [0.4, 0.5) is 15.8 Å². The zero-order valence-corrected chi connectivity index (χ0v) is 10.1. The number of anilines is 2. The number of Topliss-reactive ketones (excluding diaryl/α,β-unsaturated/α-hetero) is 1. The molecule has 0 saturated carbocycles. The van der Waals surface area contributed by atoms with Gasteiger partial charge in [-0.3, -0.25) is 9.59 Å². The minimum atomic E-state index is -0.731. The van der Waals surface area contributed by atoms with Crippen LogP contribution in [0.1, 0.15) is 23.2 Å². The second-order valence-electron chi connectivity index (χ2n) is 4.87. The van der Waals surface area contributed by atoms with Crippen LogP contribution in [-0.4, -0.2) is 36.0 Å². The third kappa shape index (κ3) is 1.98. The summed E-state index contributed by atoms with van der Waals surface area (Å²) >= 11 is 0. The van der Waals surface area contributed by atoms with Crippen LogP contribution in [0.3, 0.4) is 0 Å². The average molecular weight is 264 g/mol. The van der Waals surface area contributed by atoms with Gasteiger partial charge in [0.25, 0.3) is 11.7 Å². The molecular weight excluding hydrogens is 251 g/mol. The summed E-state index contributed by atoms with van der Waals surface area (Å²) in [5.41, 5.74) is 0.725. The number of carbonyl (C=O) groups excluding carboxylic acids is 2. The first-order valence-electron chi connectivity index (χ1n) is 6.18. The van der Waals surface area contributed by atoms with Crippen molar-refractivity contribution in [1.82, 2.24) is 0 Å². The van der Waals surface area contributed by atoms with Gasteiger partial charge in [-0.2, -0.15) is 0 Å². The van der Waals surface area contributed by atoms with Crippen molar-refractivity contribution >= 4 is 23.1 Å². The Hall–Kier alpha value is -1.95. The molecule has 2 aliphatic heterocycles. The predicted octanol–water partition coefficient (Wildman–Crippen LogP) is 0.922. The van der Waals surface area contributed by atoms with Crippen molar-refractivity contribution in [2.24, 2.45) is 0 Å². The molecule has 1 aromatic rings. The van der Waals surface area contributed by atoms with Crippen molar-refractivity contribution in [3.63, 3.8) is 0 Å². The molecule has 2 heterocycles. The Labute approximate surface area is 109 Å². The number of aliphatic hydroxyl groups is 1. The van der Waals surface area contributed by atoms with E-state index in [1.807, 2.05) is 0 Å². The molecule has 100 valence electrons. The molecule has 0 radical (unpaired) electrons.